The molecule has 8 nitrogen and oxygen atoms in total. The Bertz CT molecular complexity index is 1020. The number of hydrogen-bond acceptors (Lipinski definition) is 6. The normalized spacial score (nSPS) is 16.5. The van der Waals surface area contributed by atoms with Crippen molar-refractivity contribution in [1.29, 1.82) is 0 Å². The van der Waals surface area contributed by atoms with E-state index in [1.165, 1.54) is 37.7 Å². The van der Waals surface area contributed by atoms with E-state index in [9.17, 15) is 14.4 Å². The summed E-state index contributed by atoms with van der Waals surface area (Å²) < 4.78 is 11.9. The van der Waals surface area contributed by atoms with Gasteiger partial charge in [0, 0.05) is 12.4 Å². The summed E-state index contributed by atoms with van der Waals surface area (Å²) in [6.45, 7) is 3.95. The van der Waals surface area contributed by atoms with Crippen LogP contribution in [0.25, 0.3) is 6.08 Å². The van der Waals surface area contributed by atoms with Crippen molar-refractivity contribution in [2.24, 2.45) is 0 Å². The zero-order valence-electron chi connectivity index (χ0n) is 16.6. The highest BCUT2D eigenvalue weighted by molar-refractivity contribution is 9.10. The lowest BCUT2D eigenvalue weighted by atomic mass is 10.1. The number of pyridine rings is 1. The van der Waals surface area contributed by atoms with Gasteiger partial charge in [-0.2, -0.15) is 0 Å². The minimum Gasteiger partial charge on any atom is -0.493 e. The van der Waals surface area contributed by atoms with Crippen molar-refractivity contribution in [1.82, 2.24) is 10.3 Å². The third kappa shape index (κ3) is 4.35. The molecule has 1 saturated heterocycles. The Labute approximate surface area is 182 Å². The number of halogens is 1. The number of barbiturate groups is 1. The SMILES string of the molecule is CC[C@H](C)Oc1c(Br)cc(/C=C2\C(=O)NC(=O)N(c3ccncc3)C2=O)cc1OC. The Kier molecular flexibility index (Phi) is 6.51. The van der Waals surface area contributed by atoms with Gasteiger partial charge in [-0.15, -0.1) is 0 Å². The second-order valence-corrected chi connectivity index (χ2v) is 7.39. The lowest BCUT2D eigenvalue weighted by molar-refractivity contribution is -0.122. The highest BCUT2D eigenvalue weighted by Crippen LogP contribution is 2.38. The molecule has 1 aliphatic heterocycles. The molecule has 0 saturated carbocycles. The molecule has 0 aliphatic carbocycles. The predicted octanol–water partition coefficient (Wildman–Crippen LogP) is 3.70. The second-order valence-electron chi connectivity index (χ2n) is 6.53. The van der Waals surface area contributed by atoms with E-state index in [-0.39, 0.29) is 11.7 Å². The van der Waals surface area contributed by atoms with Gasteiger partial charge >= 0.3 is 6.03 Å². The average molecular weight is 474 g/mol. The number of anilines is 1. The smallest absolute Gasteiger partial charge is 0.335 e. The van der Waals surface area contributed by atoms with Gasteiger partial charge in [-0.05, 0) is 65.2 Å². The van der Waals surface area contributed by atoms with Crippen LogP contribution in [0.5, 0.6) is 11.5 Å². The zero-order chi connectivity index (χ0) is 21.8. The van der Waals surface area contributed by atoms with Crippen molar-refractivity contribution in [2.75, 3.05) is 12.0 Å². The zero-order valence-corrected chi connectivity index (χ0v) is 18.2. The molecular formula is C21H20BrN3O5. The van der Waals surface area contributed by atoms with Crippen molar-refractivity contribution in [3.63, 3.8) is 0 Å². The molecule has 30 heavy (non-hydrogen) atoms. The van der Waals surface area contributed by atoms with Crippen molar-refractivity contribution in [2.45, 2.75) is 26.4 Å². The number of nitrogens with zero attached hydrogens (tertiary/aromatic N) is 2. The van der Waals surface area contributed by atoms with E-state index in [4.69, 9.17) is 9.47 Å². The summed E-state index contributed by atoms with van der Waals surface area (Å²) in [6, 6.07) is 5.56. The summed E-state index contributed by atoms with van der Waals surface area (Å²) >= 11 is 3.46. The molecule has 3 rings (SSSR count). The quantitative estimate of drug-likeness (QED) is 0.507. The minimum atomic E-state index is -0.815. The molecule has 1 fully saturated rings. The van der Waals surface area contributed by atoms with Crippen molar-refractivity contribution >= 4 is 45.5 Å². The van der Waals surface area contributed by atoms with E-state index in [1.807, 2.05) is 13.8 Å². The van der Waals surface area contributed by atoms with Gasteiger partial charge in [-0.3, -0.25) is 19.9 Å². The number of nitrogens with one attached hydrogen (secondary N) is 1. The number of benzene rings is 1. The van der Waals surface area contributed by atoms with E-state index in [1.54, 1.807) is 12.1 Å². The van der Waals surface area contributed by atoms with Gasteiger partial charge in [0.15, 0.2) is 11.5 Å². The minimum absolute atomic E-state index is 0.0231. The van der Waals surface area contributed by atoms with Gasteiger partial charge in [0.1, 0.15) is 5.57 Å². The van der Waals surface area contributed by atoms with Gasteiger partial charge in [0.2, 0.25) is 0 Å². The van der Waals surface area contributed by atoms with E-state index < -0.39 is 17.8 Å². The molecule has 156 valence electrons. The summed E-state index contributed by atoms with van der Waals surface area (Å²) in [5.41, 5.74) is 0.649. The Morgan fingerprint density at radius 3 is 2.57 bits per heavy atom. The molecule has 9 heteroatoms. The van der Waals surface area contributed by atoms with E-state index >= 15 is 0 Å². The highest BCUT2D eigenvalue weighted by Gasteiger charge is 2.36. The average Bonchev–Trinajstić information content (AvgIpc) is 2.73. The number of rotatable bonds is 6. The van der Waals surface area contributed by atoms with Gasteiger partial charge < -0.3 is 9.47 Å². The van der Waals surface area contributed by atoms with Gasteiger partial charge in [-0.1, -0.05) is 6.92 Å². The molecule has 1 N–H and O–H groups in total. The molecule has 0 radical (unpaired) electrons. The summed E-state index contributed by atoms with van der Waals surface area (Å²) in [7, 11) is 1.50. The van der Waals surface area contributed by atoms with Crippen LogP contribution in [0.3, 0.4) is 0 Å². The molecular weight excluding hydrogens is 454 g/mol. The first-order valence-electron chi connectivity index (χ1n) is 9.21. The number of methoxy groups -OCH3 is 1. The van der Waals surface area contributed by atoms with Gasteiger partial charge in [-0.25, -0.2) is 9.69 Å². The molecule has 1 atom stereocenters. The Balaban J connectivity index is 2.00. The number of imide groups is 2. The molecule has 1 aromatic heterocycles. The van der Waals surface area contributed by atoms with Crippen LogP contribution in [-0.2, 0) is 9.59 Å². The van der Waals surface area contributed by atoms with Crippen LogP contribution in [0, 0.1) is 0 Å². The lowest BCUT2D eigenvalue weighted by Crippen LogP contribution is -2.54. The number of carbonyl (C=O) groups is 3. The van der Waals surface area contributed by atoms with Crippen LogP contribution in [-0.4, -0.2) is 36.0 Å². The molecule has 0 unspecified atom stereocenters. The van der Waals surface area contributed by atoms with Crippen molar-refractivity contribution in [3.05, 3.63) is 52.3 Å². The molecule has 0 bridgehead atoms. The van der Waals surface area contributed by atoms with Crippen LogP contribution >= 0.6 is 15.9 Å². The molecule has 2 heterocycles. The molecule has 0 spiro atoms. The van der Waals surface area contributed by atoms with Gasteiger partial charge in [0.25, 0.3) is 11.8 Å². The maximum Gasteiger partial charge on any atom is 0.335 e. The fourth-order valence-corrected chi connectivity index (χ4v) is 3.33. The van der Waals surface area contributed by atoms with Crippen LogP contribution in [0.4, 0.5) is 10.5 Å². The second kappa shape index (κ2) is 9.08. The summed E-state index contributed by atoms with van der Waals surface area (Å²) in [6.07, 6.45) is 5.10. The van der Waals surface area contributed by atoms with E-state index in [0.29, 0.717) is 27.2 Å². The highest BCUT2D eigenvalue weighted by atomic mass is 79.9. The number of carbonyl (C=O) groups excluding carboxylic acids is 3. The fourth-order valence-electron chi connectivity index (χ4n) is 2.77. The number of hydrogen-bond donors (Lipinski definition) is 1. The predicted molar refractivity (Wildman–Crippen MR) is 114 cm³/mol. The third-order valence-electron chi connectivity index (χ3n) is 4.48. The van der Waals surface area contributed by atoms with Gasteiger partial charge in [0.05, 0.1) is 23.4 Å². The topological polar surface area (TPSA) is 97.8 Å². The summed E-state index contributed by atoms with van der Waals surface area (Å²) in [4.78, 5) is 42.3. The number of aromatic nitrogens is 1. The first-order valence-corrected chi connectivity index (χ1v) is 10.0. The largest absolute Gasteiger partial charge is 0.493 e. The van der Waals surface area contributed by atoms with Crippen LogP contribution in [0.15, 0.2) is 46.7 Å². The molecule has 1 aliphatic rings. The van der Waals surface area contributed by atoms with Crippen molar-refractivity contribution < 1.29 is 23.9 Å². The van der Waals surface area contributed by atoms with Crippen LogP contribution in [0.1, 0.15) is 25.8 Å². The molecule has 4 amide bonds. The first kappa shape index (κ1) is 21.5. The monoisotopic (exact) mass is 473 g/mol. The Hall–Kier alpha value is -3.20. The maximum absolute atomic E-state index is 12.9. The van der Waals surface area contributed by atoms with E-state index in [0.717, 1.165) is 11.3 Å². The summed E-state index contributed by atoms with van der Waals surface area (Å²) in [5.74, 6) is -0.528. The summed E-state index contributed by atoms with van der Waals surface area (Å²) in [5, 5.41) is 2.19. The van der Waals surface area contributed by atoms with Crippen LogP contribution < -0.4 is 19.7 Å². The third-order valence-corrected chi connectivity index (χ3v) is 5.07. The standard InChI is InChI=1S/C21H20BrN3O5/c1-4-12(2)30-18-16(22)10-13(11-17(18)29-3)9-15-19(26)24-21(28)25(20(15)27)14-5-7-23-8-6-14/h5-12H,4H2,1-3H3,(H,24,26,28)/b15-9+/t12-/m0/s1. The molecule has 1 aromatic carbocycles. The maximum atomic E-state index is 12.9. The van der Waals surface area contributed by atoms with E-state index in [2.05, 4.69) is 26.2 Å². The number of amides is 4. The Morgan fingerprint density at radius 2 is 1.93 bits per heavy atom. The lowest BCUT2D eigenvalue weighted by Gasteiger charge is -2.26. The van der Waals surface area contributed by atoms with Crippen molar-refractivity contribution in [3.8, 4) is 11.5 Å². The number of ether oxygens (including phenoxy) is 2. The van der Waals surface area contributed by atoms with Crippen LogP contribution in [0.2, 0.25) is 0 Å². The molecule has 2 aromatic rings. The number of urea groups is 1. The fraction of sp³-hybridized carbons (Fsp3) is 0.238. The first-order chi connectivity index (χ1) is 14.3. The Morgan fingerprint density at radius 1 is 1.23 bits per heavy atom.